The van der Waals surface area contributed by atoms with E-state index in [1.165, 1.54) is 10.1 Å². The summed E-state index contributed by atoms with van der Waals surface area (Å²) >= 11 is 0. The summed E-state index contributed by atoms with van der Waals surface area (Å²) in [5, 5.41) is 12.6. The molecule has 7 amide bonds. The molecule has 4 bridgehead atoms. The minimum Gasteiger partial charge on any atom is -0.444 e. The highest BCUT2D eigenvalue weighted by Crippen LogP contribution is 2.49. The number of likely N-dealkylation sites (tertiary alicyclic amines) is 1. The van der Waals surface area contributed by atoms with E-state index in [2.05, 4.69) is 16.0 Å². The Balaban J connectivity index is 0.000000160. The van der Waals surface area contributed by atoms with Crippen LogP contribution in [0.25, 0.3) is 0 Å². The molecule has 2 saturated carbocycles. The summed E-state index contributed by atoms with van der Waals surface area (Å²) in [6.07, 6.45) is 6.44. The van der Waals surface area contributed by atoms with Gasteiger partial charge in [-0.15, -0.1) is 0 Å². The summed E-state index contributed by atoms with van der Waals surface area (Å²) in [6, 6.07) is 18.7. The Hall–Kier alpha value is -4.93. The summed E-state index contributed by atoms with van der Waals surface area (Å²) in [5.74, 6) is -0.0845. The number of ether oxygens (including phenoxy) is 1. The Bertz CT molecular complexity index is 1950. The van der Waals surface area contributed by atoms with Crippen molar-refractivity contribution in [2.24, 2.45) is 10.8 Å². The van der Waals surface area contributed by atoms with Crippen LogP contribution < -0.4 is 16.0 Å². The lowest BCUT2D eigenvalue weighted by atomic mass is 9.60. The molecule has 2 aromatic rings. The average Bonchev–Trinajstić information content (AvgIpc) is 3.56. The Kier molecular flexibility index (Phi) is 11.1. The van der Waals surface area contributed by atoms with Crippen molar-refractivity contribution in [3.05, 3.63) is 71.8 Å². The van der Waals surface area contributed by atoms with Crippen LogP contribution in [0.15, 0.2) is 60.7 Å². The van der Waals surface area contributed by atoms with Crippen LogP contribution in [0.3, 0.4) is 0 Å². The van der Waals surface area contributed by atoms with E-state index in [0.717, 1.165) is 62.7 Å². The topological polar surface area (TPSA) is 165 Å². The zero-order valence-electron chi connectivity index (χ0n) is 35.6. The largest absolute Gasteiger partial charge is 0.444 e. The molecule has 6 saturated heterocycles. The number of hydrogen-bond donors (Lipinski definition) is 3. The van der Waals surface area contributed by atoms with E-state index in [9.17, 15) is 24.0 Å². The highest BCUT2D eigenvalue weighted by atomic mass is 16.7. The third-order valence-corrected chi connectivity index (χ3v) is 13.8. The summed E-state index contributed by atoms with van der Waals surface area (Å²) < 4.78 is 5.43. The predicted octanol–water partition coefficient (Wildman–Crippen LogP) is 4.16. The quantitative estimate of drug-likeness (QED) is 0.319. The number of carbonyl (C=O) groups excluding carboxylic acids is 5. The second kappa shape index (κ2) is 16.4. The first kappa shape index (κ1) is 41.4. The van der Waals surface area contributed by atoms with Crippen molar-refractivity contribution in [1.29, 1.82) is 0 Å². The molecule has 2 aliphatic carbocycles. The first-order valence-electron chi connectivity index (χ1n) is 22.1. The molecule has 0 unspecified atom stereocenters. The standard InChI is InChI=1S/C25H34N4O5.C20H26N4O3/c1-24(2,3)34-23(32)27-15-25(16-27)11-18(12-25)26-21(30)20-10-9-19-13-28(20)22(31)29(19)33-14-17-7-5-4-6-8-17;25-18(22-15-8-20(9-15)12-21-13-20)17-7-6-16-10-23(17)19(26)24(16)27-11-14-4-2-1-3-5-14/h4-8,18-20H,9-16H2,1-3H3,(H,26,30);1-5,15-17,21H,6-13H2,(H,22,25)/t19-,20+;16-,17+/m11/s1. The fraction of sp³-hybridized carbons (Fsp3) is 0.622. The molecule has 10 rings (SSSR count). The maximum absolute atomic E-state index is 13.0. The van der Waals surface area contributed by atoms with Gasteiger partial charge in [-0.25, -0.2) is 14.4 Å². The predicted molar refractivity (Wildman–Crippen MR) is 222 cm³/mol. The number of fused-ring (bicyclic) bond motifs is 4. The van der Waals surface area contributed by atoms with E-state index in [1.54, 1.807) is 14.7 Å². The van der Waals surface area contributed by atoms with Crippen molar-refractivity contribution in [2.75, 3.05) is 39.3 Å². The number of nitrogens with zero attached hydrogens (tertiary/aromatic N) is 5. The zero-order valence-corrected chi connectivity index (χ0v) is 35.6. The third kappa shape index (κ3) is 8.63. The second-order valence-corrected chi connectivity index (χ2v) is 19.7. The molecule has 0 aromatic heterocycles. The van der Waals surface area contributed by atoms with Crippen LogP contribution in [0.1, 0.15) is 83.3 Å². The number of rotatable bonds is 10. The molecule has 6 heterocycles. The average molecular weight is 841 g/mol. The van der Waals surface area contributed by atoms with Crippen molar-refractivity contribution in [2.45, 2.75) is 127 Å². The molecule has 2 aromatic carbocycles. The van der Waals surface area contributed by atoms with Crippen LogP contribution in [0, 0.1) is 10.8 Å². The number of hydrogen-bond acceptors (Lipinski definition) is 9. The highest BCUT2D eigenvalue weighted by Gasteiger charge is 2.56. The fourth-order valence-corrected chi connectivity index (χ4v) is 10.6. The van der Waals surface area contributed by atoms with Gasteiger partial charge >= 0.3 is 18.2 Å². The molecule has 61 heavy (non-hydrogen) atoms. The number of hydroxylamine groups is 4. The molecule has 0 radical (unpaired) electrons. The van der Waals surface area contributed by atoms with E-state index in [4.69, 9.17) is 14.4 Å². The van der Waals surface area contributed by atoms with E-state index in [-0.39, 0.29) is 65.6 Å². The number of urea groups is 2. The van der Waals surface area contributed by atoms with Crippen molar-refractivity contribution >= 4 is 30.0 Å². The second-order valence-electron chi connectivity index (χ2n) is 19.7. The molecule has 6 aliphatic heterocycles. The molecule has 8 aliphatic rings. The van der Waals surface area contributed by atoms with Gasteiger partial charge in [0.15, 0.2) is 0 Å². The minimum atomic E-state index is -0.496. The van der Waals surface area contributed by atoms with Crippen LogP contribution in [0.2, 0.25) is 0 Å². The Morgan fingerprint density at radius 3 is 1.52 bits per heavy atom. The molecule has 2 spiro atoms. The summed E-state index contributed by atoms with van der Waals surface area (Å²) in [7, 11) is 0. The van der Waals surface area contributed by atoms with Gasteiger partial charge in [-0.05, 0) is 88.7 Å². The van der Waals surface area contributed by atoms with E-state index in [0.29, 0.717) is 57.6 Å². The SMILES string of the molecule is CC(C)(C)OC(=O)N1CC2(CC(NC(=O)[C@@H]3CC[C@@H]4CN3C(=O)N4OCc3ccccc3)C2)C1.O=C(NC1CC2(CNC2)C1)[C@@H]1CC[C@@H]2CN1C(=O)N2OCc1ccccc1. The Morgan fingerprint density at radius 2 is 1.11 bits per heavy atom. The van der Waals surface area contributed by atoms with Crippen molar-refractivity contribution in [3.63, 3.8) is 0 Å². The summed E-state index contributed by atoms with van der Waals surface area (Å²) in [6.45, 7) is 10.9. The van der Waals surface area contributed by atoms with Crippen LogP contribution >= 0.6 is 0 Å². The van der Waals surface area contributed by atoms with Gasteiger partial charge in [0.05, 0.1) is 12.1 Å². The van der Waals surface area contributed by atoms with Crippen molar-refractivity contribution in [1.82, 2.24) is 40.8 Å². The maximum atomic E-state index is 13.0. The minimum absolute atomic E-state index is 0.00107. The lowest BCUT2D eigenvalue weighted by Crippen LogP contribution is -2.68. The summed E-state index contributed by atoms with van der Waals surface area (Å²) in [4.78, 5) is 80.4. The molecular formula is C45H60N8O8. The van der Waals surface area contributed by atoms with Gasteiger partial charge < -0.3 is 35.4 Å². The lowest BCUT2D eigenvalue weighted by Gasteiger charge is -2.58. The molecule has 4 atom stereocenters. The van der Waals surface area contributed by atoms with E-state index in [1.807, 2.05) is 81.4 Å². The fourth-order valence-electron chi connectivity index (χ4n) is 10.6. The Morgan fingerprint density at radius 1 is 0.672 bits per heavy atom. The van der Waals surface area contributed by atoms with Crippen molar-refractivity contribution < 1.29 is 38.4 Å². The van der Waals surface area contributed by atoms with Gasteiger partial charge in [0.25, 0.3) is 0 Å². The first-order valence-corrected chi connectivity index (χ1v) is 22.1. The number of piperidine rings is 2. The molecule has 328 valence electrons. The van der Waals surface area contributed by atoms with Crippen LogP contribution in [0.5, 0.6) is 0 Å². The monoisotopic (exact) mass is 840 g/mol. The molecule has 16 nitrogen and oxygen atoms in total. The van der Waals surface area contributed by atoms with Crippen LogP contribution in [-0.4, -0.2) is 136 Å². The first-order chi connectivity index (χ1) is 29.3. The number of nitrogens with one attached hydrogen (secondary N) is 3. The lowest BCUT2D eigenvalue weighted by molar-refractivity contribution is -0.140. The molecule has 3 N–H and O–H groups in total. The van der Waals surface area contributed by atoms with Gasteiger partial charge in [0.1, 0.15) is 30.9 Å². The van der Waals surface area contributed by atoms with Gasteiger partial charge in [-0.2, -0.15) is 10.1 Å². The smallest absolute Gasteiger partial charge is 0.410 e. The van der Waals surface area contributed by atoms with Crippen LogP contribution in [-0.2, 0) is 37.2 Å². The van der Waals surface area contributed by atoms with Crippen LogP contribution in [0.4, 0.5) is 14.4 Å². The number of benzene rings is 2. The van der Waals surface area contributed by atoms with Gasteiger partial charge in [0.2, 0.25) is 11.8 Å². The number of amides is 7. The molecule has 8 fully saturated rings. The zero-order chi connectivity index (χ0) is 42.5. The third-order valence-electron chi connectivity index (χ3n) is 13.8. The normalized spacial score (nSPS) is 28.0. The van der Waals surface area contributed by atoms with E-state index < -0.39 is 11.6 Å². The number of carbonyl (C=O) groups is 5. The van der Waals surface area contributed by atoms with Gasteiger partial charge in [-0.1, -0.05) is 60.7 Å². The maximum Gasteiger partial charge on any atom is 0.410 e. The molecular weight excluding hydrogens is 781 g/mol. The highest BCUT2D eigenvalue weighted by molar-refractivity contribution is 5.89. The molecule has 16 heteroatoms. The van der Waals surface area contributed by atoms with E-state index >= 15 is 0 Å². The Labute approximate surface area is 357 Å². The van der Waals surface area contributed by atoms with Crippen molar-refractivity contribution in [3.8, 4) is 0 Å². The van der Waals surface area contributed by atoms with Gasteiger partial charge in [-0.3, -0.25) is 19.3 Å². The summed E-state index contributed by atoms with van der Waals surface area (Å²) in [5.41, 5.74) is 2.06. The van der Waals surface area contributed by atoms with Gasteiger partial charge in [0, 0.05) is 56.8 Å².